The van der Waals surface area contributed by atoms with Crippen LogP contribution in [0.15, 0.2) is 0 Å². The minimum absolute atomic E-state index is 0.0254. The van der Waals surface area contributed by atoms with Gasteiger partial charge in [0, 0.05) is 26.8 Å². The first-order valence-corrected chi connectivity index (χ1v) is 6.68. The zero-order valence-corrected chi connectivity index (χ0v) is 11.6. The first-order chi connectivity index (χ1) is 8.16. The number of piperidine rings is 1. The third kappa shape index (κ3) is 4.21. The Morgan fingerprint density at radius 2 is 2.24 bits per heavy atom. The lowest BCUT2D eigenvalue weighted by atomic mass is 9.92. The average molecular weight is 244 g/mol. The molecule has 0 aromatic heterocycles. The maximum atomic E-state index is 5.95. The number of likely N-dealkylation sites (tertiary alicyclic amines) is 1. The summed E-state index contributed by atoms with van der Waals surface area (Å²) in [4.78, 5) is 2.48. The van der Waals surface area contributed by atoms with Crippen molar-refractivity contribution in [2.45, 2.75) is 32.2 Å². The summed E-state index contributed by atoms with van der Waals surface area (Å²) in [6.45, 7) is 9.41. The number of ether oxygens (including phenoxy) is 2. The summed E-state index contributed by atoms with van der Waals surface area (Å²) in [5.74, 6) is 0.640. The second-order valence-electron chi connectivity index (χ2n) is 5.25. The van der Waals surface area contributed by atoms with Crippen LogP contribution in [0.2, 0.25) is 0 Å². The highest BCUT2D eigenvalue weighted by Gasteiger charge is 2.34. The minimum Gasteiger partial charge on any atom is -0.384 e. The zero-order chi connectivity index (χ0) is 12.7. The SMILES string of the molecule is CCOCC(C)(CN)N1CCCC(COC)C1. The van der Waals surface area contributed by atoms with Gasteiger partial charge in [0.2, 0.25) is 0 Å². The van der Waals surface area contributed by atoms with Gasteiger partial charge in [-0.3, -0.25) is 4.90 Å². The lowest BCUT2D eigenvalue weighted by Gasteiger charge is -2.44. The van der Waals surface area contributed by atoms with Crippen molar-refractivity contribution in [2.75, 3.05) is 46.6 Å². The maximum absolute atomic E-state index is 5.95. The highest BCUT2D eigenvalue weighted by molar-refractivity contribution is 4.90. The smallest absolute Gasteiger partial charge is 0.0659 e. The Hall–Kier alpha value is -0.160. The van der Waals surface area contributed by atoms with Gasteiger partial charge in [-0.25, -0.2) is 0 Å². The van der Waals surface area contributed by atoms with Gasteiger partial charge in [-0.2, -0.15) is 0 Å². The molecule has 1 aliphatic heterocycles. The molecule has 0 saturated carbocycles. The van der Waals surface area contributed by atoms with Crippen LogP contribution in [0, 0.1) is 5.92 Å². The van der Waals surface area contributed by atoms with Crippen LogP contribution in [-0.2, 0) is 9.47 Å². The van der Waals surface area contributed by atoms with E-state index in [1.165, 1.54) is 12.8 Å². The Morgan fingerprint density at radius 1 is 1.47 bits per heavy atom. The van der Waals surface area contributed by atoms with Crippen LogP contribution in [0.1, 0.15) is 26.7 Å². The zero-order valence-electron chi connectivity index (χ0n) is 11.6. The molecule has 1 saturated heterocycles. The average Bonchev–Trinajstić information content (AvgIpc) is 2.37. The van der Waals surface area contributed by atoms with E-state index in [2.05, 4.69) is 11.8 Å². The van der Waals surface area contributed by atoms with E-state index in [0.717, 1.165) is 32.9 Å². The number of hydrogen-bond donors (Lipinski definition) is 1. The van der Waals surface area contributed by atoms with E-state index in [4.69, 9.17) is 15.2 Å². The third-order valence-electron chi connectivity index (χ3n) is 3.74. The molecule has 0 bridgehead atoms. The lowest BCUT2D eigenvalue weighted by Crippen LogP contribution is -2.58. The highest BCUT2D eigenvalue weighted by Crippen LogP contribution is 2.24. The topological polar surface area (TPSA) is 47.7 Å². The first-order valence-electron chi connectivity index (χ1n) is 6.68. The van der Waals surface area contributed by atoms with Gasteiger partial charge in [0.15, 0.2) is 0 Å². The van der Waals surface area contributed by atoms with Gasteiger partial charge in [0.05, 0.1) is 18.8 Å². The molecule has 0 aromatic carbocycles. The molecule has 102 valence electrons. The quantitative estimate of drug-likeness (QED) is 0.728. The molecule has 2 unspecified atom stereocenters. The fourth-order valence-corrected chi connectivity index (χ4v) is 2.53. The Kier molecular flexibility index (Phi) is 6.41. The molecule has 0 spiro atoms. The van der Waals surface area contributed by atoms with Crippen molar-refractivity contribution < 1.29 is 9.47 Å². The molecule has 4 heteroatoms. The molecule has 1 aliphatic rings. The van der Waals surface area contributed by atoms with Crippen LogP contribution in [0.3, 0.4) is 0 Å². The normalized spacial score (nSPS) is 25.8. The van der Waals surface area contributed by atoms with E-state index < -0.39 is 0 Å². The second kappa shape index (κ2) is 7.31. The van der Waals surface area contributed by atoms with Crippen molar-refractivity contribution in [3.8, 4) is 0 Å². The van der Waals surface area contributed by atoms with Gasteiger partial charge in [0.1, 0.15) is 0 Å². The van der Waals surface area contributed by atoms with E-state index in [1.54, 1.807) is 7.11 Å². The van der Waals surface area contributed by atoms with Crippen LogP contribution in [0.25, 0.3) is 0 Å². The highest BCUT2D eigenvalue weighted by atomic mass is 16.5. The largest absolute Gasteiger partial charge is 0.384 e. The molecule has 4 nitrogen and oxygen atoms in total. The van der Waals surface area contributed by atoms with Gasteiger partial charge in [-0.05, 0) is 39.2 Å². The van der Waals surface area contributed by atoms with E-state index in [9.17, 15) is 0 Å². The summed E-state index contributed by atoms with van der Waals surface area (Å²) in [7, 11) is 1.78. The minimum atomic E-state index is -0.0254. The van der Waals surface area contributed by atoms with Crippen LogP contribution in [-0.4, -0.2) is 57.0 Å². The molecule has 2 atom stereocenters. The van der Waals surface area contributed by atoms with Gasteiger partial charge < -0.3 is 15.2 Å². The monoisotopic (exact) mass is 244 g/mol. The Labute approximate surface area is 105 Å². The summed E-state index contributed by atoms with van der Waals surface area (Å²) < 4.78 is 10.9. The van der Waals surface area contributed by atoms with Crippen LogP contribution >= 0.6 is 0 Å². The van der Waals surface area contributed by atoms with E-state index in [0.29, 0.717) is 12.5 Å². The number of rotatable bonds is 7. The van der Waals surface area contributed by atoms with E-state index in [1.807, 2.05) is 6.92 Å². The van der Waals surface area contributed by atoms with Crippen LogP contribution in [0.5, 0.6) is 0 Å². The van der Waals surface area contributed by atoms with Crippen molar-refractivity contribution >= 4 is 0 Å². The van der Waals surface area contributed by atoms with Crippen LogP contribution in [0.4, 0.5) is 0 Å². The standard InChI is InChI=1S/C13H28N2O2/c1-4-17-11-13(2,10-14)15-7-5-6-12(8-15)9-16-3/h12H,4-11,14H2,1-3H3. The van der Waals surface area contributed by atoms with Crippen LogP contribution < -0.4 is 5.73 Å². The number of hydrogen-bond acceptors (Lipinski definition) is 4. The molecule has 0 amide bonds. The van der Waals surface area contributed by atoms with Gasteiger partial charge in [-0.1, -0.05) is 0 Å². The van der Waals surface area contributed by atoms with Crippen molar-refractivity contribution in [3.63, 3.8) is 0 Å². The molecule has 1 fully saturated rings. The summed E-state index contributed by atoms with van der Waals surface area (Å²) >= 11 is 0. The van der Waals surface area contributed by atoms with E-state index in [-0.39, 0.29) is 5.54 Å². The Balaban J connectivity index is 2.54. The summed E-state index contributed by atoms with van der Waals surface area (Å²) in [6, 6.07) is 0. The molecule has 1 heterocycles. The summed E-state index contributed by atoms with van der Waals surface area (Å²) in [6.07, 6.45) is 2.50. The van der Waals surface area contributed by atoms with Crippen molar-refractivity contribution in [1.29, 1.82) is 0 Å². The molecule has 1 rings (SSSR count). The molecule has 0 radical (unpaired) electrons. The van der Waals surface area contributed by atoms with Crippen molar-refractivity contribution in [3.05, 3.63) is 0 Å². The number of methoxy groups -OCH3 is 1. The molecule has 0 aliphatic carbocycles. The summed E-state index contributed by atoms with van der Waals surface area (Å²) in [5, 5.41) is 0. The van der Waals surface area contributed by atoms with Gasteiger partial charge >= 0.3 is 0 Å². The predicted molar refractivity (Wildman–Crippen MR) is 70.1 cm³/mol. The summed E-state index contributed by atoms with van der Waals surface area (Å²) in [5.41, 5.74) is 5.92. The van der Waals surface area contributed by atoms with Gasteiger partial charge in [0.25, 0.3) is 0 Å². The Morgan fingerprint density at radius 3 is 2.82 bits per heavy atom. The van der Waals surface area contributed by atoms with Crippen molar-refractivity contribution in [2.24, 2.45) is 11.7 Å². The number of nitrogens with two attached hydrogens (primary N) is 1. The molecule has 2 N–H and O–H groups in total. The first kappa shape index (κ1) is 14.9. The Bertz CT molecular complexity index is 212. The second-order valence-corrected chi connectivity index (χ2v) is 5.25. The fourth-order valence-electron chi connectivity index (χ4n) is 2.53. The maximum Gasteiger partial charge on any atom is 0.0659 e. The van der Waals surface area contributed by atoms with Gasteiger partial charge in [-0.15, -0.1) is 0 Å². The molecule has 17 heavy (non-hydrogen) atoms. The van der Waals surface area contributed by atoms with E-state index >= 15 is 0 Å². The molecule has 0 aromatic rings. The molecular weight excluding hydrogens is 216 g/mol. The fraction of sp³-hybridized carbons (Fsp3) is 1.00. The third-order valence-corrected chi connectivity index (χ3v) is 3.74. The number of nitrogens with zero attached hydrogens (tertiary/aromatic N) is 1. The predicted octanol–water partition coefficient (Wildman–Crippen LogP) is 1.10. The lowest BCUT2D eigenvalue weighted by molar-refractivity contribution is -0.0209. The molecular formula is C13H28N2O2. The van der Waals surface area contributed by atoms with Crippen molar-refractivity contribution in [1.82, 2.24) is 4.90 Å².